The molecule has 3 heteroatoms. The summed E-state index contributed by atoms with van der Waals surface area (Å²) in [6.07, 6.45) is 2.05. The number of hydrogen-bond donors (Lipinski definition) is 1. The number of rotatable bonds is 4. The molecule has 0 atom stereocenters. The Labute approximate surface area is 91.9 Å². The van der Waals surface area contributed by atoms with Crippen molar-refractivity contribution in [3.63, 3.8) is 0 Å². The first kappa shape index (κ1) is 10.9. The van der Waals surface area contributed by atoms with E-state index in [4.69, 9.17) is 11.6 Å². The smallest absolute Gasteiger partial charge is 0.116 e. The van der Waals surface area contributed by atoms with Crippen molar-refractivity contribution < 1.29 is 5.11 Å². The molecule has 1 aromatic carbocycles. The summed E-state index contributed by atoms with van der Waals surface area (Å²) in [6.45, 7) is 0. The topological polar surface area (TPSA) is 20.2 Å². The van der Waals surface area contributed by atoms with Crippen LogP contribution in [-0.4, -0.2) is 10.4 Å². The summed E-state index contributed by atoms with van der Waals surface area (Å²) in [7, 11) is 0. The number of aromatic hydroxyl groups is 1. The molecule has 0 aliphatic rings. The molecule has 1 nitrogen and oxygen atoms in total. The van der Waals surface area contributed by atoms with E-state index >= 15 is 0 Å². The highest BCUT2D eigenvalue weighted by Crippen LogP contribution is 2.18. The maximum atomic E-state index is 9.35. The van der Waals surface area contributed by atoms with Gasteiger partial charge in [-0.15, -0.1) is 11.6 Å². The Kier molecular flexibility index (Phi) is 4.60. The second-order valence-corrected chi connectivity index (χ2v) is 3.99. The van der Waals surface area contributed by atoms with Crippen LogP contribution in [0.15, 0.2) is 18.2 Å². The van der Waals surface area contributed by atoms with E-state index in [0.717, 1.165) is 29.3 Å². The van der Waals surface area contributed by atoms with Crippen LogP contribution in [0.5, 0.6) is 5.75 Å². The first-order valence-electron chi connectivity index (χ1n) is 4.20. The minimum absolute atomic E-state index is 0.308. The minimum Gasteiger partial charge on any atom is -0.508 e. The highest BCUT2D eigenvalue weighted by molar-refractivity contribution is 9.09. The fourth-order valence-corrected chi connectivity index (χ4v) is 1.67. The van der Waals surface area contributed by atoms with Gasteiger partial charge in [0.2, 0.25) is 0 Å². The van der Waals surface area contributed by atoms with Crippen molar-refractivity contribution >= 4 is 27.5 Å². The van der Waals surface area contributed by atoms with Crippen LogP contribution in [0.2, 0.25) is 0 Å². The molecule has 0 unspecified atom stereocenters. The fraction of sp³-hybridized carbons (Fsp3) is 0.400. The lowest BCUT2D eigenvalue weighted by molar-refractivity contribution is 0.474. The Balaban J connectivity index is 2.76. The average molecular weight is 264 g/mol. The van der Waals surface area contributed by atoms with Crippen molar-refractivity contribution in [1.82, 2.24) is 0 Å². The summed E-state index contributed by atoms with van der Waals surface area (Å²) in [6, 6.07) is 5.53. The summed E-state index contributed by atoms with van der Waals surface area (Å²) in [4.78, 5) is 0. The van der Waals surface area contributed by atoms with Crippen molar-refractivity contribution in [1.29, 1.82) is 0 Å². The van der Waals surface area contributed by atoms with E-state index in [1.54, 1.807) is 12.1 Å². The SMILES string of the molecule is Oc1cc(CCl)cc(CCCBr)c1. The lowest BCUT2D eigenvalue weighted by Crippen LogP contribution is -1.88. The number of phenols is 1. The molecule has 1 N–H and O–H groups in total. The van der Waals surface area contributed by atoms with Gasteiger partial charge in [-0.25, -0.2) is 0 Å². The van der Waals surface area contributed by atoms with Crippen molar-refractivity contribution in [2.24, 2.45) is 0 Å². The molecule has 0 radical (unpaired) electrons. The van der Waals surface area contributed by atoms with Crippen molar-refractivity contribution in [2.75, 3.05) is 5.33 Å². The van der Waals surface area contributed by atoms with Gasteiger partial charge in [0.05, 0.1) is 0 Å². The predicted molar refractivity (Wildman–Crippen MR) is 59.8 cm³/mol. The number of aryl methyl sites for hydroxylation is 1. The average Bonchev–Trinajstić information content (AvgIpc) is 2.14. The zero-order valence-corrected chi connectivity index (χ0v) is 9.61. The summed E-state index contributed by atoms with van der Waals surface area (Å²) < 4.78 is 0. The standard InChI is InChI=1S/C10H12BrClO/c11-3-1-2-8-4-9(7-12)6-10(13)5-8/h4-6,13H,1-3,7H2. The van der Waals surface area contributed by atoms with Crippen molar-refractivity contribution in [2.45, 2.75) is 18.7 Å². The third-order valence-electron chi connectivity index (χ3n) is 1.79. The first-order valence-corrected chi connectivity index (χ1v) is 5.85. The molecule has 0 heterocycles. The molecule has 0 amide bonds. The zero-order chi connectivity index (χ0) is 9.68. The molecule has 0 saturated heterocycles. The van der Waals surface area contributed by atoms with Gasteiger partial charge in [-0.2, -0.15) is 0 Å². The maximum absolute atomic E-state index is 9.35. The van der Waals surface area contributed by atoms with Crippen molar-refractivity contribution in [3.05, 3.63) is 29.3 Å². The molecule has 0 bridgehead atoms. The normalized spacial score (nSPS) is 10.3. The third kappa shape index (κ3) is 3.57. The highest BCUT2D eigenvalue weighted by Gasteiger charge is 1.99. The van der Waals surface area contributed by atoms with Gasteiger partial charge in [-0.3, -0.25) is 0 Å². The summed E-state index contributed by atoms with van der Waals surface area (Å²) in [5, 5.41) is 10.3. The van der Waals surface area contributed by atoms with Crippen LogP contribution in [0, 0.1) is 0 Å². The molecule has 0 spiro atoms. The molecule has 0 fully saturated rings. The van der Waals surface area contributed by atoms with Crippen LogP contribution in [0.1, 0.15) is 17.5 Å². The molecular weight excluding hydrogens is 251 g/mol. The Hall–Kier alpha value is -0.210. The van der Waals surface area contributed by atoms with E-state index in [9.17, 15) is 5.11 Å². The number of alkyl halides is 2. The Morgan fingerprint density at radius 2 is 1.92 bits per heavy atom. The first-order chi connectivity index (χ1) is 6.26. The van der Waals surface area contributed by atoms with Gasteiger partial charge >= 0.3 is 0 Å². The van der Waals surface area contributed by atoms with E-state index in [0.29, 0.717) is 11.6 Å². The largest absolute Gasteiger partial charge is 0.508 e. The van der Waals surface area contributed by atoms with Crippen molar-refractivity contribution in [3.8, 4) is 5.75 Å². The Morgan fingerprint density at radius 1 is 1.23 bits per heavy atom. The quantitative estimate of drug-likeness (QED) is 0.825. The molecule has 0 aliphatic carbocycles. The monoisotopic (exact) mass is 262 g/mol. The van der Waals surface area contributed by atoms with Gasteiger partial charge in [-0.1, -0.05) is 22.0 Å². The van der Waals surface area contributed by atoms with Crippen LogP contribution >= 0.6 is 27.5 Å². The lowest BCUT2D eigenvalue weighted by atomic mass is 10.1. The summed E-state index contributed by atoms with van der Waals surface area (Å²) >= 11 is 9.06. The van der Waals surface area contributed by atoms with Gasteiger partial charge in [0, 0.05) is 11.2 Å². The highest BCUT2D eigenvalue weighted by atomic mass is 79.9. The molecular formula is C10H12BrClO. The van der Waals surface area contributed by atoms with Crippen LogP contribution in [0.3, 0.4) is 0 Å². The minimum atomic E-state index is 0.308. The van der Waals surface area contributed by atoms with E-state index in [-0.39, 0.29) is 0 Å². The Morgan fingerprint density at radius 3 is 2.54 bits per heavy atom. The molecule has 1 rings (SSSR count). The van der Waals surface area contributed by atoms with Gasteiger partial charge in [-0.05, 0) is 36.1 Å². The van der Waals surface area contributed by atoms with Gasteiger partial charge in [0.15, 0.2) is 0 Å². The molecule has 0 saturated carbocycles. The summed E-state index contributed by atoms with van der Waals surface area (Å²) in [5.74, 6) is 0.762. The van der Waals surface area contributed by atoms with Gasteiger partial charge < -0.3 is 5.11 Å². The number of phenolic OH excluding ortho intramolecular Hbond substituents is 1. The zero-order valence-electron chi connectivity index (χ0n) is 7.26. The van der Waals surface area contributed by atoms with E-state index in [1.807, 2.05) is 6.07 Å². The van der Waals surface area contributed by atoms with Gasteiger partial charge in [0.1, 0.15) is 5.75 Å². The number of benzene rings is 1. The third-order valence-corrected chi connectivity index (χ3v) is 2.66. The van der Waals surface area contributed by atoms with Crippen LogP contribution < -0.4 is 0 Å². The molecule has 72 valence electrons. The van der Waals surface area contributed by atoms with E-state index in [1.165, 1.54) is 0 Å². The number of halogens is 2. The second kappa shape index (κ2) is 5.51. The molecule has 0 aromatic heterocycles. The predicted octanol–water partition coefficient (Wildman–Crippen LogP) is 3.46. The van der Waals surface area contributed by atoms with Crippen LogP contribution in [0.4, 0.5) is 0 Å². The van der Waals surface area contributed by atoms with Crippen LogP contribution in [-0.2, 0) is 12.3 Å². The number of hydrogen-bond acceptors (Lipinski definition) is 1. The van der Waals surface area contributed by atoms with Crippen LogP contribution in [0.25, 0.3) is 0 Å². The maximum Gasteiger partial charge on any atom is 0.116 e. The molecule has 1 aromatic rings. The van der Waals surface area contributed by atoms with E-state index < -0.39 is 0 Å². The Bertz CT molecular complexity index is 276. The lowest BCUT2D eigenvalue weighted by Gasteiger charge is -2.03. The second-order valence-electron chi connectivity index (χ2n) is 2.93. The van der Waals surface area contributed by atoms with Gasteiger partial charge in [0.25, 0.3) is 0 Å². The summed E-state index contributed by atoms with van der Waals surface area (Å²) in [5.41, 5.74) is 2.13. The fourth-order valence-electron chi connectivity index (χ4n) is 1.24. The molecule has 0 aliphatic heterocycles. The molecule has 13 heavy (non-hydrogen) atoms. The van der Waals surface area contributed by atoms with E-state index in [2.05, 4.69) is 15.9 Å².